The second-order valence-corrected chi connectivity index (χ2v) is 7.75. The van der Waals surface area contributed by atoms with Crippen LogP contribution in [-0.4, -0.2) is 75.2 Å². The van der Waals surface area contributed by atoms with Crippen molar-refractivity contribution in [2.45, 2.75) is 49.8 Å². The number of ketones is 1. The number of carbonyl (C=O) groups is 1. The van der Waals surface area contributed by atoms with Gasteiger partial charge in [-0.25, -0.2) is 0 Å². The van der Waals surface area contributed by atoms with E-state index in [1.165, 1.54) is 50.4 Å². The van der Waals surface area contributed by atoms with Crippen molar-refractivity contribution < 1.29 is 49.3 Å². The number of Topliss-reactive ketones (excluding diaryl/α,β-unsaturated/α-hetero) is 1. The molecule has 2 heterocycles. The van der Waals surface area contributed by atoms with E-state index in [0.29, 0.717) is 5.56 Å². The molecule has 0 amide bonds. The van der Waals surface area contributed by atoms with Crippen molar-refractivity contribution in [1.29, 1.82) is 0 Å². The molecular weight excluding hydrogens is 424 g/mol. The summed E-state index contributed by atoms with van der Waals surface area (Å²) in [7, 11) is 1.40. The zero-order valence-electron chi connectivity index (χ0n) is 17.3. The lowest BCUT2D eigenvalue weighted by Crippen LogP contribution is -2.59. The second kappa shape index (κ2) is 8.57. The molecule has 7 atom stereocenters. The molecule has 2 aliphatic rings. The highest BCUT2D eigenvalue weighted by Gasteiger charge is 2.48. The van der Waals surface area contributed by atoms with Gasteiger partial charge in [0.05, 0.1) is 13.2 Å². The van der Waals surface area contributed by atoms with Gasteiger partial charge in [0, 0.05) is 12.1 Å². The molecule has 0 spiro atoms. The van der Waals surface area contributed by atoms with Gasteiger partial charge in [0.2, 0.25) is 5.78 Å². The molecule has 2 aromatic carbocycles. The van der Waals surface area contributed by atoms with Gasteiger partial charge in [0.25, 0.3) is 0 Å². The lowest BCUT2D eigenvalue weighted by molar-refractivity contribution is -0.304. The first-order valence-electron chi connectivity index (χ1n) is 9.97. The van der Waals surface area contributed by atoms with E-state index in [9.17, 15) is 30.3 Å². The molecular formula is C22H24O10. The third kappa shape index (κ3) is 3.87. The van der Waals surface area contributed by atoms with Crippen molar-refractivity contribution in [2.75, 3.05) is 7.11 Å². The predicted octanol–water partition coefficient (Wildman–Crippen LogP) is 0.635. The number of aromatic hydroxyl groups is 2. The summed E-state index contributed by atoms with van der Waals surface area (Å²) < 4.78 is 22.4. The number of carbonyl (C=O) groups excluding carboxylic acids is 1. The summed E-state index contributed by atoms with van der Waals surface area (Å²) in [4.78, 5) is 13.4. The minimum Gasteiger partial charge on any atom is -0.508 e. The highest BCUT2D eigenvalue weighted by atomic mass is 16.7. The lowest BCUT2D eigenvalue weighted by Gasteiger charge is -2.42. The predicted molar refractivity (Wildman–Crippen MR) is 108 cm³/mol. The summed E-state index contributed by atoms with van der Waals surface area (Å²) in [6.45, 7) is 1.49. The Kier molecular flexibility index (Phi) is 5.97. The van der Waals surface area contributed by atoms with Crippen LogP contribution in [0.5, 0.6) is 23.0 Å². The van der Waals surface area contributed by atoms with Gasteiger partial charge in [-0.1, -0.05) is 12.1 Å². The molecule has 0 aromatic heterocycles. The largest absolute Gasteiger partial charge is 0.508 e. The number of rotatable bonds is 4. The molecule has 1 saturated heterocycles. The summed E-state index contributed by atoms with van der Waals surface area (Å²) >= 11 is 0. The zero-order valence-corrected chi connectivity index (χ0v) is 17.3. The first-order valence-corrected chi connectivity index (χ1v) is 9.97. The van der Waals surface area contributed by atoms with Crippen LogP contribution >= 0.6 is 0 Å². The van der Waals surface area contributed by atoms with Crippen molar-refractivity contribution in [2.24, 2.45) is 0 Å². The molecule has 4 rings (SSSR count). The SMILES string of the molecule is COc1cc(O)c2c(c1)OC(c1ccc(O)cc1)C(OC1OC(C)C(O)C(O)C1O)C2=O. The standard InChI is InChI=1S/C22H24O10/c1-9-16(25)18(27)19(28)22(30-9)32-21-17(26)15-13(24)7-12(29-2)8-14(15)31-20(21)10-3-5-11(23)6-4-10/h3-9,16,18-25,27-28H,1-2H3. The van der Waals surface area contributed by atoms with Crippen LogP contribution in [0, 0.1) is 0 Å². The van der Waals surface area contributed by atoms with E-state index in [-0.39, 0.29) is 28.6 Å². The van der Waals surface area contributed by atoms with Crippen LogP contribution in [0.15, 0.2) is 36.4 Å². The molecule has 7 unspecified atom stereocenters. The number of aliphatic hydroxyl groups excluding tert-OH is 3. The lowest BCUT2D eigenvalue weighted by atomic mass is 9.92. The molecule has 1 fully saturated rings. The number of methoxy groups -OCH3 is 1. The van der Waals surface area contributed by atoms with Crippen molar-refractivity contribution in [3.05, 3.63) is 47.5 Å². The number of hydrogen-bond acceptors (Lipinski definition) is 10. The van der Waals surface area contributed by atoms with Gasteiger partial charge in [0.15, 0.2) is 18.5 Å². The number of ether oxygens (including phenoxy) is 4. The molecule has 5 N–H and O–H groups in total. The minimum atomic E-state index is -1.64. The van der Waals surface area contributed by atoms with Gasteiger partial charge in [-0.2, -0.15) is 0 Å². The van der Waals surface area contributed by atoms with Crippen molar-refractivity contribution in [1.82, 2.24) is 0 Å². The van der Waals surface area contributed by atoms with E-state index in [1.54, 1.807) is 0 Å². The van der Waals surface area contributed by atoms with Crippen LogP contribution < -0.4 is 9.47 Å². The van der Waals surface area contributed by atoms with Gasteiger partial charge >= 0.3 is 0 Å². The molecule has 172 valence electrons. The fraction of sp³-hybridized carbons (Fsp3) is 0.409. The number of phenolic OH excluding ortho intramolecular Hbond substituents is 2. The molecule has 0 bridgehead atoms. The number of phenols is 2. The molecule has 10 nitrogen and oxygen atoms in total. The Labute approximate surface area is 183 Å². The van der Waals surface area contributed by atoms with Gasteiger partial charge in [-0.3, -0.25) is 4.79 Å². The summed E-state index contributed by atoms with van der Waals surface area (Å²) in [5, 5.41) is 50.4. The Morgan fingerprint density at radius 1 is 0.969 bits per heavy atom. The fourth-order valence-electron chi connectivity index (χ4n) is 3.82. The van der Waals surface area contributed by atoms with E-state index in [2.05, 4.69) is 0 Å². The van der Waals surface area contributed by atoms with Crippen LogP contribution in [0.3, 0.4) is 0 Å². The number of fused-ring (bicyclic) bond motifs is 1. The zero-order chi connectivity index (χ0) is 23.2. The minimum absolute atomic E-state index is 0.00467. The van der Waals surface area contributed by atoms with Crippen LogP contribution in [0.4, 0.5) is 0 Å². The van der Waals surface area contributed by atoms with E-state index in [4.69, 9.17) is 18.9 Å². The summed E-state index contributed by atoms with van der Waals surface area (Å²) in [5.74, 6) is -0.678. The fourth-order valence-corrected chi connectivity index (χ4v) is 3.82. The van der Waals surface area contributed by atoms with Crippen LogP contribution in [0.2, 0.25) is 0 Å². The third-order valence-electron chi connectivity index (χ3n) is 5.64. The van der Waals surface area contributed by atoms with Crippen molar-refractivity contribution >= 4 is 5.78 Å². The maximum Gasteiger partial charge on any atom is 0.203 e. The number of hydrogen-bond donors (Lipinski definition) is 5. The molecule has 0 saturated carbocycles. The Balaban J connectivity index is 1.73. The number of benzene rings is 2. The number of aliphatic hydroxyl groups is 3. The Morgan fingerprint density at radius 3 is 2.31 bits per heavy atom. The van der Waals surface area contributed by atoms with Crippen LogP contribution in [0.1, 0.15) is 28.9 Å². The Hall–Kier alpha value is -2.89. The van der Waals surface area contributed by atoms with Crippen molar-refractivity contribution in [3.8, 4) is 23.0 Å². The van der Waals surface area contributed by atoms with Gasteiger partial charge < -0.3 is 44.5 Å². The molecule has 32 heavy (non-hydrogen) atoms. The molecule has 10 heteroatoms. The Morgan fingerprint density at radius 2 is 1.66 bits per heavy atom. The average Bonchev–Trinajstić information content (AvgIpc) is 2.77. The maximum absolute atomic E-state index is 13.4. The Bertz CT molecular complexity index is 991. The second-order valence-electron chi connectivity index (χ2n) is 7.75. The first kappa shape index (κ1) is 22.3. The van der Waals surface area contributed by atoms with E-state index in [1.807, 2.05) is 0 Å². The smallest absolute Gasteiger partial charge is 0.203 e. The van der Waals surface area contributed by atoms with Crippen molar-refractivity contribution in [3.63, 3.8) is 0 Å². The molecule has 0 radical (unpaired) electrons. The first-order chi connectivity index (χ1) is 15.2. The summed E-state index contributed by atoms with van der Waals surface area (Å²) in [5.41, 5.74) is 0.331. The average molecular weight is 448 g/mol. The van der Waals surface area contributed by atoms with E-state index >= 15 is 0 Å². The molecule has 2 aromatic rings. The van der Waals surface area contributed by atoms with Gasteiger partial charge in [-0.05, 0) is 24.6 Å². The van der Waals surface area contributed by atoms with Crippen LogP contribution in [-0.2, 0) is 9.47 Å². The summed E-state index contributed by atoms with van der Waals surface area (Å²) in [6.07, 6.45) is -9.30. The molecule has 2 aliphatic heterocycles. The molecule has 0 aliphatic carbocycles. The third-order valence-corrected chi connectivity index (χ3v) is 5.64. The topological polar surface area (TPSA) is 155 Å². The van der Waals surface area contributed by atoms with E-state index < -0.39 is 48.7 Å². The van der Waals surface area contributed by atoms with Gasteiger partial charge in [0.1, 0.15) is 46.9 Å². The van der Waals surface area contributed by atoms with E-state index in [0.717, 1.165) is 0 Å². The maximum atomic E-state index is 13.4. The highest BCUT2D eigenvalue weighted by molar-refractivity contribution is 6.05. The highest BCUT2D eigenvalue weighted by Crippen LogP contribution is 2.44. The van der Waals surface area contributed by atoms with Gasteiger partial charge in [-0.15, -0.1) is 0 Å². The quantitative estimate of drug-likeness (QED) is 0.450. The van der Waals surface area contributed by atoms with Crippen LogP contribution in [0.25, 0.3) is 0 Å². The monoisotopic (exact) mass is 448 g/mol. The summed E-state index contributed by atoms with van der Waals surface area (Å²) in [6, 6.07) is 8.60. The normalized spacial score (nSPS) is 32.2.